The molecular weight excluding hydrogens is 596 g/mol. The predicted molar refractivity (Wildman–Crippen MR) is 168 cm³/mol. The molecule has 2 amide bonds. The Morgan fingerprint density at radius 3 is 2.11 bits per heavy atom. The molecule has 10 nitrogen and oxygen atoms in total. The van der Waals surface area contributed by atoms with Gasteiger partial charge in [-0.25, -0.2) is 10.3 Å². The molecule has 0 radical (unpaired) electrons. The second-order valence-corrected chi connectivity index (χ2v) is 12.0. The van der Waals surface area contributed by atoms with E-state index in [1.807, 2.05) is 54.6 Å². The largest absolute Gasteiger partial charge is 0.478 e. The van der Waals surface area contributed by atoms with Crippen LogP contribution < -0.4 is 10.8 Å². The normalized spacial score (nSPS) is 17.9. The van der Waals surface area contributed by atoms with Crippen LogP contribution in [0.1, 0.15) is 90.0 Å². The fourth-order valence-electron chi connectivity index (χ4n) is 5.04. The highest BCUT2D eigenvalue weighted by atomic mass is 32.2. The summed E-state index contributed by atoms with van der Waals surface area (Å²) in [5, 5.41) is 30.5. The van der Waals surface area contributed by atoms with E-state index in [0.717, 1.165) is 41.5 Å². The second-order valence-electron chi connectivity index (χ2n) is 10.9. The van der Waals surface area contributed by atoms with Crippen LogP contribution in [-0.4, -0.2) is 45.1 Å². The van der Waals surface area contributed by atoms with E-state index in [1.165, 1.54) is 11.8 Å². The molecule has 3 atom stereocenters. The Labute approximate surface area is 267 Å². The smallest absolute Gasteiger partial charge is 0.336 e. The molecule has 45 heavy (non-hydrogen) atoms. The number of amides is 2. The summed E-state index contributed by atoms with van der Waals surface area (Å²) >= 11 is 1.45. The summed E-state index contributed by atoms with van der Waals surface area (Å²) in [6.07, 6.45) is 3.19. The number of benzene rings is 3. The van der Waals surface area contributed by atoms with Crippen molar-refractivity contribution in [2.45, 2.75) is 81.5 Å². The third-order valence-corrected chi connectivity index (χ3v) is 8.79. The molecule has 1 fully saturated rings. The minimum Gasteiger partial charge on any atom is -0.478 e. The van der Waals surface area contributed by atoms with Gasteiger partial charge in [-0.3, -0.25) is 14.8 Å². The number of ether oxygens (including phenoxy) is 2. The maximum Gasteiger partial charge on any atom is 0.336 e. The average Bonchev–Trinajstić information content (AvgIpc) is 3.08. The van der Waals surface area contributed by atoms with Crippen molar-refractivity contribution in [3.05, 3.63) is 101 Å². The number of aliphatic hydroxyl groups excluding tert-OH is 1. The molecule has 1 aliphatic rings. The lowest BCUT2D eigenvalue weighted by Gasteiger charge is -2.36. The highest BCUT2D eigenvalue weighted by molar-refractivity contribution is 7.99. The maximum absolute atomic E-state index is 12.3. The van der Waals surface area contributed by atoms with Gasteiger partial charge in [-0.1, -0.05) is 73.5 Å². The maximum atomic E-state index is 12.3. The Balaban J connectivity index is 1.34. The molecule has 0 unspecified atom stereocenters. The van der Waals surface area contributed by atoms with Gasteiger partial charge in [0.25, 0.3) is 0 Å². The molecule has 240 valence electrons. The number of hydrogen-bond acceptors (Lipinski definition) is 8. The Morgan fingerprint density at radius 2 is 1.44 bits per heavy atom. The van der Waals surface area contributed by atoms with Gasteiger partial charge in [0.15, 0.2) is 6.29 Å². The molecule has 0 bridgehead atoms. The van der Waals surface area contributed by atoms with Crippen molar-refractivity contribution in [1.82, 2.24) is 10.8 Å². The molecule has 1 saturated heterocycles. The number of hydroxylamine groups is 1. The van der Waals surface area contributed by atoms with E-state index in [0.29, 0.717) is 36.5 Å². The summed E-state index contributed by atoms with van der Waals surface area (Å²) in [6.45, 7) is 0.351. The first kappa shape index (κ1) is 34.1. The van der Waals surface area contributed by atoms with Gasteiger partial charge in [-0.05, 0) is 41.7 Å². The average molecular weight is 637 g/mol. The lowest BCUT2D eigenvalue weighted by atomic mass is 10.0. The van der Waals surface area contributed by atoms with Crippen LogP contribution in [0.5, 0.6) is 0 Å². The lowest BCUT2D eigenvalue weighted by molar-refractivity contribution is -0.245. The molecule has 0 spiro atoms. The van der Waals surface area contributed by atoms with Gasteiger partial charge in [0, 0.05) is 42.0 Å². The molecule has 0 saturated carbocycles. The van der Waals surface area contributed by atoms with Crippen LogP contribution in [0, 0.1) is 0 Å². The third-order valence-electron chi connectivity index (χ3n) is 7.58. The number of aromatic carboxylic acids is 1. The van der Waals surface area contributed by atoms with E-state index in [2.05, 4.69) is 5.32 Å². The minimum absolute atomic E-state index is 0.0361. The summed E-state index contributed by atoms with van der Waals surface area (Å²) in [5.41, 5.74) is 5.42. The molecule has 1 heterocycles. The van der Waals surface area contributed by atoms with Gasteiger partial charge in [0.2, 0.25) is 11.8 Å². The van der Waals surface area contributed by atoms with Gasteiger partial charge < -0.3 is 25.0 Å². The number of carbonyl (C=O) groups excluding carboxylic acids is 2. The van der Waals surface area contributed by atoms with E-state index in [4.69, 9.17) is 14.7 Å². The van der Waals surface area contributed by atoms with Crippen molar-refractivity contribution in [1.29, 1.82) is 0 Å². The van der Waals surface area contributed by atoms with E-state index in [9.17, 15) is 24.6 Å². The number of thioether (sulfide) groups is 1. The molecular formula is C34H40N2O8S. The van der Waals surface area contributed by atoms with Gasteiger partial charge in [0.1, 0.15) is 0 Å². The quantitative estimate of drug-likeness (QED) is 0.0578. The van der Waals surface area contributed by atoms with Crippen molar-refractivity contribution in [3.8, 4) is 0 Å². The highest BCUT2D eigenvalue weighted by Gasteiger charge is 2.32. The van der Waals surface area contributed by atoms with Crippen LogP contribution in [0.25, 0.3) is 0 Å². The van der Waals surface area contributed by atoms with Crippen molar-refractivity contribution in [2.24, 2.45) is 0 Å². The van der Waals surface area contributed by atoms with Gasteiger partial charge >= 0.3 is 5.97 Å². The first-order valence-electron chi connectivity index (χ1n) is 15.1. The Hall–Kier alpha value is -3.74. The molecule has 0 aliphatic carbocycles. The van der Waals surface area contributed by atoms with Crippen molar-refractivity contribution in [2.75, 3.05) is 5.75 Å². The Kier molecular flexibility index (Phi) is 13.4. The Morgan fingerprint density at radius 1 is 0.800 bits per heavy atom. The summed E-state index contributed by atoms with van der Waals surface area (Å²) in [6, 6.07) is 22.3. The van der Waals surface area contributed by atoms with E-state index in [1.54, 1.807) is 23.7 Å². The fraction of sp³-hybridized carbons (Fsp3) is 0.382. The zero-order valence-electron chi connectivity index (χ0n) is 25.0. The zero-order chi connectivity index (χ0) is 32.0. The van der Waals surface area contributed by atoms with Gasteiger partial charge in [-0.15, -0.1) is 11.8 Å². The topological polar surface area (TPSA) is 154 Å². The third kappa shape index (κ3) is 10.7. The first-order valence-corrected chi connectivity index (χ1v) is 16.1. The van der Waals surface area contributed by atoms with Crippen LogP contribution in [-0.2, 0) is 32.2 Å². The standard InChI is InChI=1S/C34H40N2O8S/c37-21-24-13-15-25(16-14-24)29-19-27(22-45-30-8-6-5-7-28(30)33(40)41)43-34(44-29)26-17-11-23(12-18-26)20-35-31(38)9-3-1-2-4-10-32(39)36-42/h5-8,11-18,27,29,34,37,42H,1-4,9-10,19-22H2,(H,35,38)(H,36,39)(H,40,41)/t27-,29+,34+/m0/s1. The highest BCUT2D eigenvalue weighted by Crippen LogP contribution is 2.39. The molecule has 1 aliphatic heterocycles. The Bertz CT molecular complexity index is 1400. The van der Waals surface area contributed by atoms with E-state index >= 15 is 0 Å². The number of aliphatic hydroxyl groups is 1. The van der Waals surface area contributed by atoms with E-state index < -0.39 is 18.2 Å². The second kappa shape index (κ2) is 17.7. The molecule has 3 aromatic carbocycles. The lowest BCUT2D eigenvalue weighted by Crippen LogP contribution is -2.31. The number of carboxylic acid groups (broad SMARTS) is 1. The summed E-state index contributed by atoms with van der Waals surface area (Å²) in [4.78, 5) is 35.7. The number of carbonyl (C=O) groups is 3. The van der Waals surface area contributed by atoms with Crippen molar-refractivity contribution < 1.29 is 39.3 Å². The fourth-order valence-corrected chi connectivity index (χ4v) is 6.10. The van der Waals surface area contributed by atoms with Gasteiger partial charge in [0.05, 0.1) is 24.4 Å². The summed E-state index contributed by atoms with van der Waals surface area (Å²) in [5.74, 6) is -0.862. The van der Waals surface area contributed by atoms with Crippen LogP contribution in [0.15, 0.2) is 77.7 Å². The molecule has 0 aromatic heterocycles. The summed E-state index contributed by atoms with van der Waals surface area (Å²) < 4.78 is 12.8. The SMILES string of the molecule is O=C(CCCCCCC(=O)NCc1ccc([C@@H]2O[C@H](CSc3ccccc3C(=O)O)C[C@H](c3ccc(CO)cc3)O2)cc1)NO. The van der Waals surface area contributed by atoms with Crippen molar-refractivity contribution >= 4 is 29.5 Å². The minimum atomic E-state index is -0.969. The van der Waals surface area contributed by atoms with Crippen molar-refractivity contribution in [3.63, 3.8) is 0 Å². The summed E-state index contributed by atoms with van der Waals surface area (Å²) in [7, 11) is 0. The number of carboxylic acids is 1. The van der Waals surface area contributed by atoms with E-state index in [-0.39, 0.29) is 36.7 Å². The van der Waals surface area contributed by atoms with Crippen LogP contribution in [0.4, 0.5) is 0 Å². The molecule has 11 heteroatoms. The number of unbranched alkanes of at least 4 members (excludes halogenated alkanes) is 3. The monoisotopic (exact) mass is 636 g/mol. The van der Waals surface area contributed by atoms with Crippen LogP contribution in [0.2, 0.25) is 0 Å². The van der Waals surface area contributed by atoms with Crippen LogP contribution >= 0.6 is 11.8 Å². The number of hydrogen-bond donors (Lipinski definition) is 5. The molecule has 4 rings (SSSR count). The number of rotatable bonds is 16. The number of nitrogens with one attached hydrogen (secondary N) is 2. The van der Waals surface area contributed by atoms with Gasteiger partial charge in [-0.2, -0.15) is 0 Å². The zero-order valence-corrected chi connectivity index (χ0v) is 25.8. The molecule has 5 N–H and O–H groups in total. The molecule has 3 aromatic rings. The van der Waals surface area contributed by atoms with Crippen LogP contribution in [0.3, 0.4) is 0 Å². The first-order chi connectivity index (χ1) is 21.9. The predicted octanol–water partition coefficient (Wildman–Crippen LogP) is 5.68.